The van der Waals surface area contributed by atoms with Crippen molar-refractivity contribution in [1.29, 1.82) is 0 Å². The van der Waals surface area contributed by atoms with Gasteiger partial charge in [-0.15, -0.1) is 34.2 Å². The molecule has 0 aliphatic carbocycles. The third-order valence-electron chi connectivity index (χ3n) is 4.98. The molecule has 2 aromatic rings. The number of aromatic nitrogens is 3. The Bertz CT molecular complexity index is 776. The molecule has 1 aliphatic rings. The summed E-state index contributed by atoms with van der Waals surface area (Å²) in [6.07, 6.45) is 6.73. The minimum atomic E-state index is 0. The maximum atomic E-state index is 6.08. The Balaban J connectivity index is 0.00000280. The summed E-state index contributed by atoms with van der Waals surface area (Å²) in [6.45, 7) is 4.00. The van der Waals surface area contributed by atoms with E-state index in [1.54, 1.807) is 7.05 Å². The average molecular weight is 517 g/mol. The highest BCUT2D eigenvalue weighted by Crippen LogP contribution is 2.17. The highest BCUT2D eigenvalue weighted by molar-refractivity contribution is 14.0. The molecule has 1 atom stereocenters. The van der Waals surface area contributed by atoms with Crippen molar-refractivity contribution in [3.63, 3.8) is 0 Å². The Morgan fingerprint density at radius 3 is 2.93 bits per heavy atom. The van der Waals surface area contributed by atoms with Crippen molar-refractivity contribution in [3.8, 4) is 0 Å². The number of aryl methyl sites for hydroxylation is 2. The lowest BCUT2D eigenvalue weighted by molar-refractivity contribution is 0.592. The molecule has 0 saturated heterocycles. The van der Waals surface area contributed by atoms with Crippen molar-refractivity contribution in [2.75, 3.05) is 13.6 Å². The van der Waals surface area contributed by atoms with Gasteiger partial charge >= 0.3 is 0 Å². The second-order valence-electron chi connectivity index (χ2n) is 7.02. The first-order valence-electron chi connectivity index (χ1n) is 9.81. The molecule has 8 heteroatoms. The van der Waals surface area contributed by atoms with Crippen LogP contribution in [0.2, 0.25) is 5.02 Å². The number of hydrogen-bond acceptors (Lipinski definition) is 3. The highest BCUT2D eigenvalue weighted by atomic mass is 127. The maximum Gasteiger partial charge on any atom is 0.191 e. The zero-order valence-corrected chi connectivity index (χ0v) is 19.7. The van der Waals surface area contributed by atoms with Crippen LogP contribution in [0.5, 0.6) is 0 Å². The van der Waals surface area contributed by atoms with Crippen LogP contribution in [0.25, 0.3) is 0 Å². The van der Waals surface area contributed by atoms with E-state index in [9.17, 15) is 0 Å². The van der Waals surface area contributed by atoms with E-state index in [1.165, 1.54) is 19.3 Å². The first kappa shape index (κ1) is 22.9. The second-order valence-corrected chi connectivity index (χ2v) is 7.45. The number of guanidine groups is 1. The maximum absolute atomic E-state index is 6.08. The predicted octanol–water partition coefficient (Wildman–Crippen LogP) is 4.13. The molecule has 1 aromatic heterocycles. The molecule has 0 saturated carbocycles. The van der Waals surface area contributed by atoms with Gasteiger partial charge in [0.15, 0.2) is 5.96 Å². The summed E-state index contributed by atoms with van der Waals surface area (Å²) >= 11 is 6.08. The van der Waals surface area contributed by atoms with E-state index >= 15 is 0 Å². The second kappa shape index (κ2) is 11.6. The molecule has 2 heterocycles. The third kappa shape index (κ3) is 6.34. The molecule has 3 rings (SSSR count). The topological polar surface area (TPSA) is 67.1 Å². The first-order chi connectivity index (χ1) is 13.2. The Morgan fingerprint density at radius 2 is 2.14 bits per heavy atom. The highest BCUT2D eigenvalue weighted by Gasteiger charge is 2.14. The summed E-state index contributed by atoms with van der Waals surface area (Å²) in [5.41, 5.74) is 1.14. The zero-order valence-electron chi connectivity index (χ0n) is 16.6. The Labute approximate surface area is 189 Å². The number of hydrogen-bond donors (Lipinski definition) is 2. The molecule has 0 spiro atoms. The van der Waals surface area contributed by atoms with Gasteiger partial charge in [-0.25, -0.2) is 0 Å². The van der Waals surface area contributed by atoms with Crippen LogP contribution in [0.15, 0.2) is 29.3 Å². The molecular weight excluding hydrogens is 487 g/mol. The summed E-state index contributed by atoms with van der Waals surface area (Å²) < 4.78 is 2.32. The molecule has 1 aromatic carbocycles. The van der Waals surface area contributed by atoms with Crippen molar-refractivity contribution >= 4 is 41.5 Å². The van der Waals surface area contributed by atoms with Gasteiger partial charge in [0.05, 0.1) is 6.04 Å². The minimum Gasteiger partial charge on any atom is -0.356 e. The molecular formula is C20H30ClIN6. The lowest BCUT2D eigenvalue weighted by Crippen LogP contribution is -2.39. The summed E-state index contributed by atoms with van der Waals surface area (Å²) in [6, 6.07) is 8.02. The lowest BCUT2D eigenvalue weighted by atomic mass is 10.1. The molecule has 6 nitrogen and oxygen atoms in total. The van der Waals surface area contributed by atoms with Gasteiger partial charge < -0.3 is 15.2 Å². The van der Waals surface area contributed by atoms with E-state index in [-0.39, 0.29) is 30.0 Å². The quantitative estimate of drug-likeness (QED) is 0.262. The fourth-order valence-corrected chi connectivity index (χ4v) is 3.64. The summed E-state index contributed by atoms with van der Waals surface area (Å²) in [5, 5.41) is 16.3. The van der Waals surface area contributed by atoms with Crippen LogP contribution in [0.3, 0.4) is 0 Å². The van der Waals surface area contributed by atoms with Crippen LogP contribution in [0, 0.1) is 0 Å². The van der Waals surface area contributed by atoms with E-state index < -0.39 is 0 Å². The molecule has 0 fully saturated rings. The molecule has 0 amide bonds. The SMILES string of the molecule is CN=C(NCCCc1nnc2n1CCCCC2)NC(C)c1cccc(Cl)c1.I. The fraction of sp³-hybridized carbons (Fsp3) is 0.550. The number of aliphatic imine (C=N–C) groups is 1. The Morgan fingerprint density at radius 1 is 1.29 bits per heavy atom. The van der Waals surface area contributed by atoms with E-state index in [0.717, 1.165) is 60.5 Å². The van der Waals surface area contributed by atoms with Gasteiger partial charge in [-0.05, 0) is 43.9 Å². The average Bonchev–Trinajstić information content (AvgIpc) is 2.90. The van der Waals surface area contributed by atoms with Gasteiger partial charge in [-0.3, -0.25) is 4.99 Å². The van der Waals surface area contributed by atoms with Crippen molar-refractivity contribution in [1.82, 2.24) is 25.4 Å². The van der Waals surface area contributed by atoms with Gasteiger partial charge in [0.2, 0.25) is 0 Å². The Kier molecular flexibility index (Phi) is 9.50. The van der Waals surface area contributed by atoms with Crippen LogP contribution in [0.4, 0.5) is 0 Å². The molecule has 0 bridgehead atoms. The van der Waals surface area contributed by atoms with Gasteiger partial charge in [-0.2, -0.15) is 0 Å². The van der Waals surface area contributed by atoms with E-state index in [0.29, 0.717) is 0 Å². The molecule has 1 aliphatic heterocycles. The molecule has 154 valence electrons. The summed E-state index contributed by atoms with van der Waals surface area (Å²) in [4.78, 5) is 4.32. The first-order valence-corrected chi connectivity index (χ1v) is 10.2. The summed E-state index contributed by atoms with van der Waals surface area (Å²) in [7, 11) is 1.79. The number of benzene rings is 1. The van der Waals surface area contributed by atoms with Crippen molar-refractivity contribution in [2.24, 2.45) is 4.99 Å². The standard InChI is InChI=1S/C20H29ClN6.HI/c1-15(16-8-6-9-17(21)14-16)24-20(22-2)23-12-7-11-19-26-25-18-10-4-3-5-13-27(18)19;/h6,8-9,14-15H,3-5,7,10-13H2,1-2H3,(H2,22,23,24);1H. The normalized spacial score (nSPS) is 15.2. The molecule has 2 N–H and O–H groups in total. The number of nitrogens with one attached hydrogen (secondary N) is 2. The smallest absolute Gasteiger partial charge is 0.191 e. The van der Waals surface area contributed by atoms with Crippen LogP contribution in [-0.2, 0) is 19.4 Å². The third-order valence-corrected chi connectivity index (χ3v) is 5.22. The van der Waals surface area contributed by atoms with E-state index in [1.807, 2.05) is 18.2 Å². The molecule has 28 heavy (non-hydrogen) atoms. The van der Waals surface area contributed by atoms with Crippen LogP contribution >= 0.6 is 35.6 Å². The molecule has 0 radical (unpaired) electrons. The van der Waals surface area contributed by atoms with Crippen molar-refractivity contribution in [3.05, 3.63) is 46.5 Å². The number of fused-ring (bicyclic) bond motifs is 1. The minimum absolute atomic E-state index is 0. The number of halogens is 2. The van der Waals surface area contributed by atoms with Gasteiger partial charge in [0.1, 0.15) is 11.6 Å². The van der Waals surface area contributed by atoms with Crippen LogP contribution in [-0.4, -0.2) is 34.3 Å². The zero-order chi connectivity index (χ0) is 19.1. The monoisotopic (exact) mass is 516 g/mol. The summed E-state index contributed by atoms with van der Waals surface area (Å²) in [5.74, 6) is 3.06. The van der Waals surface area contributed by atoms with Crippen molar-refractivity contribution in [2.45, 2.75) is 58.0 Å². The lowest BCUT2D eigenvalue weighted by Gasteiger charge is -2.18. The van der Waals surface area contributed by atoms with Gasteiger partial charge in [0, 0.05) is 38.0 Å². The molecule has 1 unspecified atom stereocenters. The van der Waals surface area contributed by atoms with E-state index in [4.69, 9.17) is 11.6 Å². The van der Waals surface area contributed by atoms with Crippen LogP contribution < -0.4 is 10.6 Å². The number of rotatable bonds is 6. The van der Waals surface area contributed by atoms with E-state index in [2.05, 4.69) is 43.4 Å². The number of nitrogens with zero attached hydrogens (tertiary/aromatic N) is 4. The van der Waals surface area contributed by atoms with Crippen LogP contribution in [0.1, 0.15) is 55.9 Å². The van der Waals surface area contributed by atoms with Gasteiger partial charge in [0.25, 0.3) is 0 Å². The van der Waals surface area contributed by atoms with Gasteiger partial charge in [-0.1, -0.05) is 30.2 Å². The van der Waals surface area contributed by atoms with Crippen molar-refractivity contribution < 1.29 is 0 Å². The largest absolute Gasteiger partial charge is 0.356 e. The predicted molar refractivity (Wildman–Crippen MR) is 126 cm³/mol. The fourth-order valence-electron chi connectivity index (χ4n) is 3.44. The Hall–Kier alpha value is -1.35.